The first kappa shape index (κ1) is 16.9. The van der Waals surface area contributed by atoms with Gasteiger partial charge in [-0.1, -0.05) is 31.9 Å². The van der Waals surface area contributed by atoms with Crippen LogP contribution in [0.2, 0.25) is 0 Å². The molecule has 0 saturated heterocycles. The van der Waals surface area contributed by atoms with Crippen molar-refractivity contribution < 1.29 is 8.42 Å². The van der Waals surface area contributed by atoms with Crippen LogP contribution in [0.3, 0.4) is 0 Å². The second-order valence-corrected chi connectivity index (χ2v) is 10.3. The highest BCUT2D eigenvalue weighted by atomic mass is 79.9. The molecule has 1 aliphatic rings. The highest BCUT2D eigenvalue weighted by Crippen LogP contribution is 2.35. The molecular weight excluding hydrogens is 474 g/mol. The summed E-state index contributed by atoms with van der Waals surface area (Å²) in [5.41, 5.74) is 1.000. The zero-order chi connectivity index (χ0) is 15.1. The summed E-state index contributed by atoms with van der Waals surface area (Å²) >= 11 is 10.3. The number of hydrogen-bond donors (Lipinski definition) is 0. The van der Waals surface area contributed by atoms with Gasteiger partial charge >= 0.3 is 0 Å². The van der Waals surface area contributed by atoms with E-state index in [1.54, 1.807) is 13.1 Å². The number of halogens is 3. The molecule has 1 saturated carbocycles. The molecule has 1 fully saturated rings. The molecule has 0 spiro atoms. The van der Waals surface area contributed by atoms with Gasteiger partial charge < -0.3 is 0 Å². The van der Waals surface area contributed by atoms with E-state index < -0.39 is 10.0 Å². The largest absolute Gasteiger partial charge is 0.243 e. The second-order valence-electron chi connectivity index (χ2n) is 5.25. The molecule has 3 nitrogen and oxygen atoms in total. The highest BCUT2D eigenvalue weighted by Gasteiger charge is 2.32. The monoisotopic (exact) mass is 487 g/mol. The van der Waals surface area contributed by atoms with Crippen LogP contribution < -0.4 is 0 Å². The van der Waals surface area contributed by atoms with E-state index in [1.807, 2.05) is 13.0 Å². The molecule has 1 aromatic carbocycles. The fourth-order valence-corrected chi connectivity index (χ4v) is 6.20. The third-order valence-electron chi connectivity index (χ3n) is 3.59. The van der Waals surface area contributed by atoms with Crippen molar-refractivity contribution in [3.63, 3.8) is 0 Å². The molecule has 0 N–H and O–H groups in total. The lowest BCUT2D eigenvalue weighted by molar-refractivity contribution is 0.275. The topological polar surface area (TPSA) is 37.4 Å². The third kappa shape index (κ3) is 3.48. The standard InChI is InChI=1S/C13H16Br3NO2S/c1-8-3-12(16)13(6-11(8)15)20(18,19)17(2)7-9-4-10(14)5-9/h3,6,9-10H,4-5,7H2,1-2H3. The predicted molar refractivity (Wildman–Crippen MR) is 91.8 cm³/mol. The Hall–Kier alpha value is 0.570. The Morgan fingerprint density at radius 3 is 2.40 bits per heavy atom. The Balaban J connectivity index is 2.23. The number of benzene rings is 1. The zero-order valence-electron chi connectivity index (χ0n) is 11.2. The molecular formula is C13H16Br3NO2S. The van der Waals surface area contributed by atoms with E-state index in [9.17, 15) is 8.42 Å². The number of alkyl halides is 1. The van der Waals surface area contributed by atoms with Gasteiger partial charge in [-0.2, -0.15) is 0 Å². The average molecular weight is 490 g/mol. The maximum absolute atomic E-state index is 12.6. The van der Waals surface area contributed by atoms with E-state index in [1.165, 1.54) is 4.31 Å². The summed E-state index contributed by atoms with van der Waals surface area (Å²) < 4.78 is 28.1. The van der Waals surface area contributed by atoms with Gasteiger partial charge in [-0.25, -0.2) is 12.7 Å². The maximum atomic E-state index is 12.6. The summed E-state index contributed by atoms with van der Waals surface area (Å²) in [6.45, 7) is 2.50. The van der Waals surface area contributed by atoms with E-state index in [-0.39, 0.29) is 0 Å². The normalized spacial score (nSPS) is 22.9. The van der Waals surface area contributed by atoms with Crippen LogP contribution in [0.1, 0.15) is 18.4 Å². The molecule has 1 aromatic rings. The van der Waals surface area contributed by atoms with E-state index in [0.29, 0.717) is 26.7 Å². The minimum absolute atomic E-state index is 0.312. The van der Waals surface area contributed by atoms with E-state index in [0.717, 1.165) is 22.9 Å². The molecule has 112 valence electrons. The molecule has 0 unspecified atom stereocenters. The Kier molecular flexibility index (Phi) is 5.39. The van der Waals surface area contributed by atoms with E-state index >= 15 is 0 Å². The minimum atomic E-state index is -3.46. The van der Waals surface area contributed by atoms with Crippen LogP contribution in [0.4, 0.5) is 0 Å². The molecule has 0 aromatic heterocycles. The number of nitrogens with zero attached hydrogens (tertiary/aromatic N) is 1. The first-order valence-electron chi connectivity index (χ1n) is 6.28. The lowest BCUT2D eigenvalue weighted by Gasteiger charge is -2.34. The molecule has 1 aliphatic carbocycles. The van der Waals surface area contributed by atoms with Gasteiger partial charge in [-0.05, 0) is 59.3 Å². The smallest absolute Gasteiger partial charge is 0.207 e. The first-order valence-corrected chi connectivity index (χ1v) is 10.2. The summed E-state index contributed by atoms with van der Waals surface area (Å²) in [7, 11) is -1.81. The average Bonchev–Trinajstić information content (AvgIpc) is 2.31. The van der Waals surface area contributed by atoms with Crippen molar-refractivity contribution in [1.29, 1.82) is 0 Å². The Bertz CT molecular complexity index is 612. The summed E-state index contributed by atoms with van der Waals surface area (Å²) in [4.78, 5) is 0.857. The zero-order valence-corrected chi connectivity index (χ0v) is 16.8. The van der Waals surface area contributed by atoms with Crippen molar-refractivity contribution in [1.82, 2.24) is 4.31 Å². The third-order valence-corrected chi connectivity index (χ3v) is 7.98. The Labute approximate surface area is 145 Å². The van der Waals surface area contributed by atoms with Crippen LogP contribution in [0.25, 0.3) is 0 Å². The lowest BCUT2D eigenvalue weighted by Crippen LogP contribution is -2.37. The van der Waals surface area contributed by atoms with Crippen LogP contribution in [-0.4, -0.2) is 31.1 Å². The number of aryl methyl sites for hydroxylation is 1. The van der Waals surface area contributed by atoms with Gasteiger partial charge in [0.25, 0.3) is 0 Å². The van der Waals surface area contributed by atoms with Crippen LogP contribution in [0.15, 0.2) is 26.0 Å². The van der Waals surface area contributed by atoms with Gasteiger partial charge in [-0.3, -0.25) is 0 Å². The van der Waals surface area contributed by atoms with E-state index in [2.05, 4.69) is 47.8 Å². The maximum Gasteiger partial charge on any atom is 0.243 e. The number of rotatable bonds is 4. The SMILES string of the molecule is Cc1cc(Br)c(S(=O)(=O)N(C)CC2CC(Br)C2)cc1Br. The van der Waals surface area contributed by atoms with Gasteiger partial charge in [0.15, 0.2) is 0 Å². The van der Waals surface area contributed by atoms with Crippen molar-refractivity contribution in [2.75, 3.05) is 13.6 Å². The Morgan fingerprint density at radius 1 is 1.25 bits per heavy atom. The fourth-order valence-electron chi connectivity index (χ4n) is 2.26. The summed E-state index contributed by atoms with van der Waals surface area (Å²) in [5.74, 6) is 0.451. The van der Waals surface area contributed by atoms with Gasteiger partial charge in [0.1, 0.15) is 0 Å². The van der Waals surface area contributed by atoms with Gasteiger partial charge in [0.05, 0.1) is 4.90 Å². The van der Waals surface area contributed by atoms with Crippen LogP contribution in [0, 0.1) is 12.8 Å². The molecule has 0 aliphatic heterocycles. The molecule has 20 heavy (non-hydrogen) atoms. The second kappa shape index (κ2) is 6.36. The molecule has 0 heterocycles. The predicted octanol–water partition coefficient (Wildman–Crippen LogP) is 4.31. The molecule has 0 atom stereocenters. The summed E-state index contributed by atoms with van der Waals surface area (Å²) in [5, 5.41) is 0. The Morgan fingerprint density at radius 2 is 1.85 bits per heavy atom. The molecule has 0 amide bonds. The fraction of sp³-hybridized carbons (Fsp3) is 0.538. The summed E-state index contributed by atoms with van der Waals surface area (Å²) in [6, 6.07) is 3.49. The van der Waals surface area contributed by atoms with Crippen molar-refractivity contribution in [3.05, 3.63) is 26.6 Å². The minimum Gasteiger partial charge on any atom is -0.207 e. The van der Waals surface area contributed by atoms with Gasteiger partial charge in [0, 0.05) is 27.4 Å². The quantitative estimate of drug-likeness (QED) is 0.591. The molecule has 2 rings (SSSR count). The van der Waals surface area contributed by atoms with Gasteiger partial charge in [-0.15, -0.1) is 0 Å². The van der Waals surface area contributed by atoms with Crippen LogP contribution >= 0.6 is 47.8 Å². The molecule has 7 heteroatoms. The van der Waals surface area contributed by atoms with Crippen LogP contribution in [-0.2, 0) is 10.0 Å². The van der Waals surface area contributed by atoms with E-state index in [4.69, 9.17) is 0 Å². The van der Waals surface area contributed by atoms with Crippen molar-refractivity contribution >= 4 is 57.8 Å². The lowest BCUT2D eigenvalue weighted by atomic mass is 9.85. The van der Waals surface area contributed by atoms with Crippen molar-refractivity contribution in [2.45, 2.75) is 29.5 Å². The highest BCUT2D eigenvalue weighted by molar-refractivity contribution is 9.11. The van der Waals surface area contributed by atoms with Crippen LogP contribution in [0.5, 0.6) is 0 Å². The van der Waals surface area contributed by atoms with Gasteiger partial charge in [0.2, 0.25) is 10.0 Å². The number of sulfonamides is 1. The van der Waals surface area contributed by atoms with Crippen molar-refractivity contribution in [3.8, 4) is 0 Å². The van der Waals surface area contributed by atoms with Crippen molar-refractivity contribution in [2.24, 2.45) is 5.92 Å². The summed E-state index contributed by atoms with van der Waals surface area (Å²) in [6.07, 6.45) is 2.08. The molecule has 0 bridgehead atoms. The molecule has 0 radical (unpaired) electrons. The number of hydrogen-bond acceptors (Lipinski definition) is 2. The first-order chi connectivity index (χ1) is 9.21.